The van der Waals surface area contributed by atoms with Gasteiger partial charge >= 0.3 is 0 Å². The van der Waals surface area contributed by atoms with Gasteiger partial charge in [0.2, 0.25) is 5.91 Å². The van der Waals surface area contributed by atoms with Crippen LogP contribution in [0.1, 0.15) is 35.7 Å². The van der Waals surface area contributed by atoms with Crippen LogP contribution in [0.4, 0.5) is 4.39 Å². The molecule has 30 heavy (non-hydrogen) atoms. The van der Waals surface area contributed by atoms with E-state index in [1.807, 2.05) is 49.9 Å². The largest absolute Gasteiger partial charge is 0.467 e. The monoisotopic (exact) mass is 411 g/mol. The molecule has 0 spiro atoms. The Hall–Kier alpha value is -3.35. The SMILES string of the molecule is CC(C)N(CC(=O)N(Cc1ccco1)Cc1cccn1C)C(=O)c1ccc(F)cc1. The number of amides is 2. The molecule has 1 aromatic carbocycles. The van der Waals surface area contributed by atoms with E-state index in [1.54, 1.807) is 17.2 Å². The molecule has 0 unspecified atom stereocenters. The summed E-state index contributed by atoms with van der Waals surface area (Å²) >= 11 is 0. The van der Waals surface area contributed by atoms with Gasteiger partial charge in [-0.2, -0.15) is 0 Å². The summed E-state index contributed by atoms with van der Waals surface area (Å²) in [5.41, 5.74) is 1.31. The molecule has 0 aliphatic rings. The lowest BCUT2D eigenvalue weighted by Gasteiger charge is -2.30. The van der Waals surface area contributed by atoms with Gasteiger partial charge in [0.05, 0.1) is 19.4 Å². The summed E-state index contributed by atoms with van der Waals surface area (Å²) in [5, 5.41) is 0. The summed E-state index contributed by atoms with van der Waals surface area (Å²) in [6.45, 7) is 4.30. The average Bonchev–Trinajstić information content (AvgIpc) is 3.37. The molecular formula is C23H26FN3O3. The molecule has 2 heterocycles. The van der Waals surface area contributed by atoms with Crippen molar-refractivity contribution in [2.75, 3.05) is 6.54 Å². The molecule has 0 radical (unpaired) electrons. The van der Waals surface area contributed by atoms with Crippen LogP contribution >= 0.6 is 0 Å². The Morgan fingerprint density at radius 1 is 1.07 bits per heavy atom. The van der Waals surface area contributed by atoms with E-state index < -0.39 is 5.82 Å². The van der Waals surface area contributed by atoms with Gasteiger partial charge in [-0.1, -0.05) is 0 Å². The third-order valence-corrected chi connectivity index (χ3v) is 4.96. The molecule has 0 aliphatic carbocycles. The Kier molecular flexibility index (Phi) is 6.72. The van der Waals surface area contributed by atoms with Crippen molar-refractivity contribution in [2.45, 2.75) is 33.0 Å². The zero-order chi connectivity index (χ0) is 21.7. The molecule has 158 valence electrons. The quantitative estimate of drug-likeness (QED) is 0.566. The lowest BCUT2D eigenvalue weighted by molar-refractivity contribution is -0.133. The van der Waals surface area contributed by atoms with Crippen molar-refractivity contribution in [3.05, 3.63) is 83.8 Å². The fraction of sp³-hybridized carbons (Fsp3) is 0.304. The summed E-state index contributed by atoms with van der Waals surface area (Å²) < 4.78 is 20.6. The van der Waals surface area contributed by atoms with Gasteiger partial charge in [-0.25, -0.2) is 4.39 Å². The second-order valence-electron chi connectivity index (χ2n) is 7.47. The second-order valence-corrected chi connectivity index (χ2v) is 7.47. The van der Waals surface area contributed by atoms with Crippen molar-refractivity contribution >= 4 is 11.8 Å². The average molecular weight is 411 g/mol. The predicted octanol–water partition coefficient (Wildman–Crippen LogP) is 3.84. The molecule has 0 saturated heterocycles. The van der Waals surface area contributed by atoms with Crippen LogP contribution in [0.3, 0.4) is 0 Å². The van der Waals surface area contributed by atoms with Crippen LogP contribution in [0.5, 0.6) is 0 Å². The van der Waals surface area contributed by atoms with Gasteiger partial charge in [0, 0.05) is 30.5 Å². The normalized spacial score (nSPS) is 11.0. The highest BCUT2D eigenvalue weighted by molar-refractivity contribution is 5.96. The van der Waals surface area contributed by atoms with Crippen molar-refractivity contribution in [3.8, 4) is 0 Å². The first kappa shape index (κ1) is 21.4. The van der Waals surface area contributed by atoms with E-state index in [0.29, 0.717) is 24.4 Å². The summed E-state index contributed by atoms with van der Waals surface area (Å²) in [6, 6.07) is 12.6. The van der Waals surface area contributed by atoms with E-state index in [2.05, 4.69) is 0 Å². The van der Waals surface area contributed by atoms with E-state index in [9.17, 15) is 14.0 Å². The number of aryl methyl sites for hydroxylation is 1. The van der Waals surface area contributed by atoms with E-state index in [1.165, 1.54) is 29.2 Å². The highest BCUT2D eigenvalue weighted by Crippen LogP contribution is 2.15. The number of furan rings is 1. The number of aromatic nitrogens is 1. The van der Waals surface area contributed by atoms with Crippen molar-refractivity contribution in [1.82, 2.24) is 14.4 Å². The minimum Gasteiger partial charge on any atom is -0.467 e. The molecule has 0 N–H and O–H groups in total. The van der Waals surface area contributed by atoms with Crippen LogP contribution in [0.15, 0.2) is 65.4 Å². The number of rotatable bonds is 8. The van der Waals surface area contributed by atoms with Crippen LogP contribution in [-0.4, -0.2) is 38.8 Å². The molecule has 0 bridgehead atoms. The van der Waals surface area contributed by atoms with Crippen molar-refractivity contribution in [1.29, 1.82) is 0 Å². The molecule has 2 aromatic heterocycles. The van der Waals surface area contributed by atoms with Gasteiger partial charge in [-0.3, -0.25) is 9.59 Å². The van der Waals surface area contributed by atoms with Gasteiger partial charge in [-0.15, -0.1) is 0 Å². The van der Waals surface area contributed by atoms with E-state index in [0.717, 1.165) is 5.69 Å². The molecule has 0 atom stereocenters. The predicted molar refractivity (Wildman–Crippen MR) is 111 cm³/mol. The maximum Gasteiger partial charge on any atom is 0.254 e. The maximum atomic E-state index is 13.2. The van der Waals surface area contributed by atoms with Crippen molar-refractivity contribution in [3.63, 3.8) is 0 Å². The van der Waals surface area contributed by atoms with Gasteiger partial charge in [0.25, 0.3) is 5.91 Å². The summed E-state index contributed by atoms with van der Waals surface area (Å²) in [6.07, 6.45) is 3.49. The third-order valence-electron chi connectivity index (χ3n) is 4.96. The minimum atomic E-state index is -0.411. The smallest absolute Gasteiger partial charge is 0.254 e. The van der Waals surface area contributed by atoms with E-state index >= 15 is 0 Å². The van der Waals surface area contributed by atoms with Crippen LogP contribution in [0.2, 0.25) is 0 Å². The Bertz CT molecular complexity index is 978. The Balaban J connectivity index is 1.79. The zero-order valence-electron chi connectivity index (χ0n) is 17.4. The molecule has 0 saturated carbocycles. The van der Waals surface area contributed by atoms with Crippen LogP contribution in [0, 0.1) is 5.82 Å². The molecular weight excluding hydrogens is 385 g/mol. The Morgan fingerprint density at radius 3 is 2.37 bits per heavy atom. The molecule has 7 heteroatoms. The first-order chi connectivity index (χ1) is 14.3. The molecule has 3 aromatic rings. The topological polar surface area (TPSA) is 58.7 Å². The number of halogens is 1. The van der Waals surface area contributed by atoms with Gasteiger partial charge < -0.3 is 18.8 Å². The second kappa shape index (κ2) is 9.43. The lowest BCUT2D eigenvalue weighted by atomic mass is 10.1. The first-order valence-electron chi connectivity index (χ1n) is 9.82. The molecule has 2 amide bonds. The fourth-order valence-electron chi connectivity index (χ4n) is 3.17. The summed E-state index contributed by atoms with van der Waals surface area (Å²) in [5.74, 6) is -0.253. The fourth-order valence-corrected chi connectivity index (χ4v) is 3.17. The molecule has 3 rings (SSSR count). The number of carbonyl (C=O) groups excluding carboxylic acids is 2. The number of nitrogens with zero attached hydrogens (tertiary/aromatic N) is 3. The number of benzene rings is 1. The molecule has 0 aliphatic heterocycles. The van der Waals surface area contributed by atoms with Crippen molar-refractivity contribution in [2.24, 2.45) is 7.05 Å². The third kappa shape index (κ3) is 5.17. The Morgan fingerprint density at radius 2 is 1.80 bits per heavy atom. The van der Waals surface area contributed by atoms with Crippen LogP contribution in [-0.2, 0) is 24.9 Å². The van der Waals surface area contributed by atoms with Gasteiger partial charge in [-0.05, 0) is 62.4 Å². The summed E-state index contributed by atoms with van der Waals surface area (Å²) in [7, 11) is 1.92. The van der Waals surface area contributed by atoms with Crippen LogP contribution < -0.4 is 0 Å². The molecule has 6 nitrogen and oxygen atoms in total. The number of hydrogen-bond donors (Lipinski definition) is 0. The van der Waals surface area contributed by atoms with E-state index in [-0.39, 0.29) is 24.4 Å². The number of hydrogen-bond acceptors (Lipinski definition) is 3. The standard InChI is InChI=1S/C23H26FN3O3/c1-17(2)27(23(29)18-8-10-19(24)11-9-18)16-22(28)26(15-21-7-5-13-30-21)14-20-6-4-12-25(20)3/h4-13,17H,14-16H2,1-3H3. The zero-order valence-corrected chi connectivity index (χ0v) is 17.4. The number of carbonyl (C=O) groups is 2. The first-order valence-corrected chi connectivity index (χ1v) is 9.82. The Labute approximate surface area is 175 Å². The highest BCUT2D eigenvalue weighted by Gasteiger charge is 2.25. The van der Waals surface area contributed by atoms with Gasteiger partial charge in [0.15, 0.2) is 0 Å². The maximum absolute atomic E-state index is 13.2. The summed E-state index contributed by atoms with van der Waals surface area (Å²) in [4.78, 5) is 29.4. The van der Waals surface area contributed by atoms with E-state index in [4.69, 9.17) is 4.42 Å². The lowest BCUT2D eigenvalue weighted by Crippen LogP contribution is -2.45. The molecule has 0 fully saturated rings. The van der Waals surface area contributed by atoms with Crippen molar-refractivity contribution < 1.29 is 18.4 Å². The van der Waals surface area contributed by atoms with Gasteiger partial charge in [0.1, 0.15) is 18.1 Å². The minimum absolute atomic E-state index is 0.0843. The van der Waals surface area contributed by atoms with Crippen LogP contribution in [0.25, 0.3) is 0 Å². The highest BCUT2D eigenvalue weighted by atomic mass is 19.1.